The van der Waals surface area contributed by atoms with Gasteiger partial charge in [-0.3, -0.25) is 76.7 Å². The second kappa shape index (κ2) is 38.6. The molecule has 1 aromatic rings. The van der Waals surface area contributed by atoms with Gasteiger partial charge in [0.1, 0.15) is 5.78 Å². The minimum absolute atomic E-state index is 0.0696. The van der Waals surface area contributed by atoms with Crippen molar-refractivity contribution in [1.29, 1.82) is 0 Å². The van der Waals surface area contributed by atoms with Crippen LogP contribution in [-0.4, -0.2) is 330 Å². The molecule has 1 aromatic heterocycles. The van der Waals surface area contributed by atoms with Crippen LogP contribution in [0.25, 0.3) is 0 Å². The fraction of sp³-hybridized carbons (Fsp3) is 0.698. The molecule has 95 heavy (non-hydrogen) atoms. The van der Waals surface area contributed by atoms with Crippen LogP contribution in [0.4, 0.5) is 0 Å². The van der Waals surface area contributed by atoms with E-state index in [1.165, 1.54) is 87.9 Å². The number of likely N-dealkylation sites (N-methyl/N-ethyl adjacent to an activating group) is 10. The van der Waals surface area contributed by atoms with Crippen LogP contribution in [0.3, 0.4) is 0 Å². The number of aromatic nitrogens is 2. The average Bonchev–Trinajstić information content (AvgIpc) is 1.73. The van der Waals surface area contributed by atoms with E-state index in [1.54, 1.807) is 18.7 Å². The summed E-state index contributed by atoms with van der Waals surface area (Å²) in [6, 6.07) is -1.76. The van der Waals surface area contributed by atoms with Crippen LogP contribution >= 0.6 is 0 Å². The number of carbonyl (C=O) groups excluding carboxylic acids is 15. The molecule has 1 aliphatic heterocycles. The van der Waals surface area contributed by atoms with Crippen LogP contribution in [-0.2, 0) is 83.1 Å². The predicted molar refractivity (Wildman–Crippen MR) is 343 cm³/mol. The molecule has 0 radical (unpaired) electrons. The first kappa shape index (κ1) is 80.5. The first-order chi connectivity index (χ1) is 44.4. The van der Waals surface area contributed by atoms with Gasteiger partial charge in [0.25, 0.3) is 0 Å². The number of carboxylic acid groups (broad SMARTS) is 1. The summed E-state index contributed by atoms with van der Waals surface area (Å²) in [6.07, 6.45) is 5.31. The maximum absolute atomic E-state index is 14.3. The van der Waals surface area contributed by atoms with Crippen LogP contribution in [0, 0.1) is 23.7 Å². The Morgan fingerprint density at radius 1 is 0.516 bits per heavy atom. The van der Waals surface area contributed by atoms with E-state index < -0.39 is 166 Å². The van der Waals surface area contributed by atoms with Gasteiger partial charge in [0, 0.05) is 145 Å². The van der Waals surface area contributed by atoms with Crippen molar-refractivity contribution in [3.05, 3.63) is 18.2 Å². The number of amides is 12. The Morgan fingerprint density at radius 2 is 0.905 bits per heavy atom. The summed E-state index contributed by atoms with van der Waals surface area (Å²) in [4.78, 5) is 231. The summed E-state index contributed by atoms with van der Waals surface area (Å²) in [5.74, 6) is -12.6. The average molecular weight is 1340 g/mol. The highest BCUT2D eigenvalue weighted by atomic mass is 16.4. The largest absolute Gasteiger partial charge is 0.481 e. The van der Waals surface area contributed by atoms with E-state index in [9.17, 15) is 81.8 Å². The Kier molecular flexibility index (Phi) is 32.7. The van der Waals surface area contributed by atoms with Crippen molar-refractivity contribution in [2.75, 3.05) is 149 Å². The number of carboxylic acids is 1. The predicted octanol–water partition coefficient (Wildman–Crippen LogP) is -2.56. The van der Waals surface area contributed by atoms with E-state index in [0.717, 1.165) is 56.9 Å². The number of likely N-dealkylation sites (tertiary alicyclic amines) is 1. The molecule has 1 saturated heterocycles. The number of nitrogens with zero attached hydrogens (tertiary/aromatic N) is 12. The van der Waals surface area contributed by atoms with Crippen LogP contribution in [0.2, 0.25) is 0 Å². The molecule has 2 heterocycles. The highest BCUT2D eigenvalue weighted by Gasteiger charge is 2.43. The molecule has 4 atom stereocenters. The fourth-order valence-corrected chi connectivity index (χ4v) is 10.8. The van der Waals surface area contributed by atoms with Gasteiger partial charge in [-0.2, -0.15) is 0 Å². The molecule has 2 aliphatic rings. The van der Waals surface area contributed by atoms with Crippen molar-refractivity contribution in [1.82, 2.24) is 74.5 Å². The van der Waals surface area contributed by atoms with Crippen LogP contribution in [0.15, 0.2) is 12.5 Å². The number of hydrogen-bond donors (Lipinski definition) is 4. The van der Waals surface area contributed by atoms with Gasteiger partial charge in [-0.05, 0) is 31.6 Å². The normalized spacial score (nSPS) is 14.6. The van der Waals surface area contributed by atoms with Gasteiger partial charge < -0.3 is 74.6 Å². The number of H-pyrrole nitrogens is 1. The topological polar surface area (TPSA) is 382 Å². The smallest absolute Gasteiger partial charge is 0.304 e. The number of aromatic amines is 1. The van der Waals surface area contributed by atoms with Crippen molar-refractivity contribution in [2.24, 2.45) is 23.7 Å². The summed E-state index contributed by atoms with van der Waals surface area (Å²) in [5, 5.41) is 15.7. The molecule has 4 N–H and O–H groups in total. The van der Waals surface area contributed by atoms with Crippen LogP contribution in [0.5, 0.6) is 0 Å². The number of Topliss-reactive ketones (excluding diaryl/α,β-unsaturated/α-hetero) is 3. The molecule has 2 fully saturated rings. The summed E-state index contributed by atoms with van der Waals surface area (Å²) in [6.45, 7) is 3.41. The van der Waals surface area contributed by atoms with E-state index in [-0.39, 0.29) is 67.8 Å². The number of rotatable bonds is 39. The maximum Gasteiger partial charge on any atom is 0.304 e. The van der Waals surface area contributed by atoms with Crippen LogP contribution < -0.4 is 10.6 Å². The lowest BCUT2D eigenvalue weighted by molar-refractivity contribution is -0.146. The van der Waals surface area contributed by atoms with Crippen LogP contribution in [0.1, 0.15) is 97.6 Å². The zero-order chi connectivity index (χ0) is 71.7. The number of ketones is 3. The molecule has 3 rings (SSSR count). The first-order valence-corrected chi connectivity index (χ1v) is 31.9. The number of nitrogens with one attached hydrogen (secondary N) is 3. The molecule has 12 amide bonds. The highest BCUT2D eigenvalue weighted by molar-refractivity contribution is 5.98. The molecule has 0 spiro atoms. The number of imidazole rings is 1. The van der Waals surface area contributed by atoms with Gasteiger partial charge in [-0.15, -0.1) is 0 Å². The third kappa shape index (κ3) is 26.5. The van der Waals surface area contributed by atoms with Gasteiger partial charge in [-0.25, -0.2) is 4.98 Å². The van der Waals surface area contributed by atoms with Gasteiger partial charge in [0.2, 0.25) is 70.9 Å². The molecule has 1 aliphatic carbocycles. The lowest BCUT2D eigenvalue weighted by Gasteiger charge is -2.32. The Morgan fingerprint density at radius 3 is 1.26 bits per heavy atom. The molecule has 530 valence electrons. The van der Waals surface area contributed by atoms with E-state index in [1.807, 2.05) is 13.8 Å². The lowest BCUT2D eigenvalue weighted by Crippen LogP contribution is -2.50. The van der Waals surface area contributed by atoms with E-state index in [2.05, 4.69) is 20.6 Å². The molecular weight excluding hydrogens is 1240 g/mol. The number of hydrogen-bond acceptors (Lipinski definition) is 18. The molecule has 0 unspecified atom stereocenters. The SMILES string of the molecule is CC(C)NCCC(=O)N(C)CC(=O)N(C)CC(=O)N(C)CC(=O)N(C)CC(=O)N(C)CC(=O)N(C)CC(=O)N(C)CC(=O)N(C)CC(=O)N(C)CC(=O)N(C)CC(=O)N[C@H](Cc1cnc[nH]1)C(=O)C[C@@H](CC(=O)O)C(=O)C[C@@H](C(=O)N1CCC[C@@H]1C(=O)C(C)C)C1CCCC1. The van der Waals surface area contributed by atoms with Crippen molar-refractivity contribution >= 4 is 94.2 Å². The zero-order valence-electron chi connectivity index (χ0n) is 57.8. The molecular formula is C63H101N15O17. The summed E-state index contributed by atoms with van der Waals surface area (Å²) in [5.41, 5.74) is 0.410. The number of aliphatic carboxylic acids is 1. The van der Waals surface area contributed by atoms with Gasteiger partial charge in [-0.1, -0.05) is 40.5 Å². The van der Waals surface area contributed by atoms with Gasteiger partial charge in [0.05, 0.1) is 90.3 Å². The zero-order valence-corrected chi connectivity index (χ0v) is 57.8. The molecule has 32 heteroatoms. The Hall–Kier alpha value is -8.71. The summed E-state index contributed by atoms with van der Waals surface area (Å²) >= 11 is 0. The minimum atomic E-state index is -1.36. The Labute approximate surface area is 556 Å². The molecule has 0 aromatic carbocycles. The highest BCUT2D eigenvalue weighted by Crippen LogP contribution is 2.37. The summed E-state index contributed by atoms with van der Waals surface area (Å²) < 4.78 is 0. The second-order valence-electron chi connectivity index (χ2n) is 25.8. The number of carbonyl (C=O) groups is 16. The standard InChI is InChI=1S/C63H101N15O17/c1-40(2)62(94)47-20-17-23-78(47)63(95)45(42-18-15-16-19-42)27-48(79)43(25-61(92)93)24-49(80)46(26-44-28-64-39-66-44)67-50(81)29-68(5)52(83)31-70(7)54(85)33-72(9)56(87)35-74(11)58(89)37-76(13)60(91)38-77(14)59(90)36-75(12)57(88)34-73(10)55(86)32-71(8)53(84)30-69(6)51(82)21-22-65-41(3)4/h28,39-43,45-47,65H,15-27,29-38H2,1-14H3,(H,64,66)(H,67,81)(H,92,93)/t43-,45+,46+,47+/m0/s1. The minimum Gasteiger partial charge on any atom is -0.481 e. The maximum atomic E-state index is 14.3. The molecule has 0 bridgehead atoms. The molecule has 32 nitrogen and oxygen atoms in total. The molecule has 1 saturated carbocycles. The van der Waals surface area contributed by atoms with Crippen molar-refractivity contribution in [3.8, 4) is 0 Å². The van der Waals surface area contributed by atoms with E-state index >= 15 is 0 Å². The van der Waals surface area contributed by atoms with Gasteiger partial charge in [0.15, 0.2) is 11.6 Å². The van der Waals surface area contributed by atoms with Crippen molar-refractivity contribution in [3.63, 3.8) is 0 Å². The Balaban J connectivity index is 1.49. The fourth-order valence-electron chi connectivity index (χ4n) is 10.8. The van der Waals surface area contributed by atoms with Crippen molar-refractivity contribution in [2.45, 2.75) is 116 Å². The first-order valence-electron chi connectivity index (χ1n) is 31.9. The third-order valence-corrected chi connectivity index (χ3v) is 17.0. The van der Waals surface area contributed by atoms with Crippen molar-refractivity contribution < 1.29 is 81.8 Å². The second-order valence-corrected chi connectivity index (χ2v) is 25.8. The Bertz CT molecular complexity index is 2920. The monoisotopic (exact) mass is 1340 g/mol. The van der Waals surface area contributed by atoms with Gasteiger partial charge >= 0.3 is 5.97 Å². The van der Waals surface area contributed by atoms with E-state index in [0.29, 0.717) is 44.5 Å². The van der Waals surface area contributed by atoms with E-state index in [4.69, 9.17) is 0 Å². The third-order valence-electron chi connectivity index (χ3n) is 17.0. The summed E-state index contributed by atoms with van der Waals surface area (Å²) in [7, 11) is 13.3. The lowest BCUT2D eigenvalue weighted by atomic mass is 9.80. The quantitative estimate of drug-likeness (QED) is 0.0527.